The summed E-state index contributed by atoms with van der Waals surface area (Å²) in [5, 5.41) is 30.1. The standard InChI is InChI=1S/C17H24O4/c1-10(2)11-7-8-17(3,21)14(9-11)12-5-4-6-13(15(12)18)16(19)20/h4-6,10-11,14,18,21H,7-9H2,1-3H3,(H,19,20). The smallest absolute Gasteiger partial charge is 0.339 e. The Bertz CT molecular complexity index is 534. The Kier molecular flexibility index (Phi) is 4.28. The molecule has 0 heterocycles. The van der Waals surface area contributed by atoms with Gasteiger partial charge in [0, 0.05) is 11.5 Å². The highest BCUT2D eigenvalue weighted by Crippen LogP contribution is 2.47. The van der Waals surface area contributed by atoms with Crippen LogP contribution in [0.3, 0.4) is 0 Å². The van der Waals surface area contributed by atoms with Crippen LogP contribution in [0.4, 0.5) is 0 Å². The van der Waals surface area contributed by atoms with Crippen molar-refractivity contribution in [1.82, 2.24) is 0 Å². The fraction of sp³-hybridized carbons (Fsp3) is 0.588. The highest BCUT2D eigenvalue weighted by molar-refractivity contribution is 5.91. The van der Waals surface area contributed by atoms with Crippen molar-refractivity contribution in [1.29, 1.82) is 0 Å². The van der Waals surface area contributed by atoms with E-state index in [1.165, 1.54) is 6.07 Å². The number of aliphatic hydroxyl groups is 1. The summed E-state index contributed by atoms with van der Waals surface area (Å²) in [5.74, 6) is -0.612. The number of rotatable bonds is 3. The monoisotopic (exact) mass is 292 g/mol. The lowest BCUT2D eigenvalue weighted by Crippen LogP contribution is -2.39. The summed E-state index contributed by atoms with van der Waals surface area (Å²) >= 11 is 0. The molecule has 0 spiro atoms. The maximum atomic E-state index is 11.2. The maximum Gasteiger partial charge on any atom is 0.339 e. The number of phenols is 1. The van der Waals surface area contributed by atoms with Crippen LogP contribution in [-0.4, -0.2) is 26.9 Å². The number of hydrogen-bond acceptors (Lipinski definition) is 3. The molecule has 0 radical (unpaired) electrons. The van der Waals surface area contributed by atoms with Gasteiger partial charge in [0.2, 0.25) is 0 Å². The van der Waals surface area contributed by atoms with Gasteiger partial charge >= 0.3 is 5.97 Å². The molecule has 0 aromatic heterocycles. The minimum Gasteiger partial charge on any atom is -0.507 e. The lowest BCUT2D eigenvalue weighted by molar-refractivity contribution is -0.0210. The van der Waals surface area contributed by atoms with Gasteiger partial charge in [-0.25, -0.2) is 4.79 Å². The first-order chi connectivity index (χ1) is 9.74. The molecule has 3 unspecified atom stereocenters. The third kappa shape index (κ3) is 3.05. The molecule has 1 aliphatic carbocycles. The Labute approximate surface area is 125 Å². The lowest BCUT2D eigenvalue weighted by Gasteiger charge is -2.42. The van der Waals surface area contributed by atoms with Crippen LogP contribution in [-0.2, 0) is 0 Å². The van der Waals surface area contributed by atoms with Gasteiger partial charge in [0.1, 0.15) is 11.3 Å². The Morgan fingerprint density at radius 1 is 1.38 bits per heavy atom. The number of aromatic carboxylic acids is 1. The number of benzene rings is 1. The third-order valence-corrected chi connectivity index (χ3v) is 4.93. The van der Waals surface area contributed by atoms with Crippen LogP contribution in [0.5, 0.6) is 5.75 Å². The van der Waals surface area contributed by atoms with Crippen molar-refractivity contribution < 1.29 is 20.1 Å². The van der Waals surface area contributed by atoms with E-state index in [0.29, 0.717) is 23.8 Å². The van der Waals surface area contributed by atoms with Crippen LogP contribution in [0, 0.1) is 11.8 Å². The second kappa shape index (κ2) is 5.68. The minimum atomic E-state index is -1.15. The highest BCUT2D eigenvalue weighted by Gasteiger charge is 2.41. The van der Waals surface area contributed by atoms with E-state index in [1.54, 1.807) is 19.1 Å². The molecule has 4 nitrogen and oxygen atoms in total. The van der Waals surface area contributed by atoms with Crippen molar-refractivity contribution in [2.75, 3.05) is 0 Å². The molecule has 1 aliphatic rings. The fourth-order valence-electron chi connectivity index (χ4n) is 3.41. The Balaban J connectivity index is 2.42. The van der Waals surface area contributed by atoms with Gasteiger partial charge in [0.05, 0.1) is 5.60 Å². The molecular formula is C17H24O4. The van der Waals surface area contributed by atoms with Gasteiger partial charge in [-0.2, -0.15) is 0 Å². The first kappa shape index (κ1) is 15.8. The number of carbonyl (C=O) groups is 1. The molecule has 0 bridgehead atoms. The van der Waals surface area contributed by atoms with E-state index < -0.39 is 11.6 Å². The van der Waals surface area contributed by atoms with E-state index in [0.717, 1.165) is 12.8 Å². The van der Waals surface area contributed by atoms with E-state index >= 15 is 0 Å². The zero-order chi connectivity index (χ0) is 15.8. The SMILES string of the molecule is CC(C)C1CCC(C)(O)C(c2cccc(C(=O)O)c2O)C1. The van der Waals surface area contributed by atoms with Crippen molar-refractivity contribution in [2.45, 2.75) is 51.6 Å². The molecular weight excluding hydrogens is 268 g/mol. The summed E-state index contributed by atoms with van der Waals surface area (Å²) in [6.07, 6.45) is 2.39. The first-order valence-corrected chi connectivity index (χ1v) is 7.51. The number of carboxylic acids is 1. The highest BCUT2D eigenvalue weighted by atomic mass is 16.4. The van der Waals surface area contributed by atoms with Crippen molar-refractivity contribution in [3.05, 3.63) is 29.3 Å². The molecule has 0 saturated heterocycles. The largest absolute Gasteiger partial charge is 0.507 e. The van der Waals surface area contributed by atoms with E-state index in [9.17, 15) is 15.0 Å². The van der Waals surface area contributed by atoms with Crippen molar-refractivity contribution in [3.8, 4) is 5.75 Å². The van der Waals surface area contributed by atoms with Gasteiger partial charge in [0.15, 0.2) is 0 Å². The van der Waals surface area contributed by atoms with Gasteiger partial charge < -0.3 is 15.3 Å². The molecule has 21 heavy (non-hydrogen) atoms. The molecule has 1 fully saturated rings. The first-order valence-electron chi connectivity index (χ1n) is 7.51. The zero-order valence-corrected chi connectivity index (χ0v) is 12.8. The quantitative estimate of drug-likeness (QED) is 0.798. The number of hydrogen-bond donors (Lipinski definition) is 3. The predicted octanol–water partition coefficient (Wildman–Crippen LogP) is 3.38. The molecule has 3 N–H and O–H groups in total. The molecule has 0 amide bonds. The molecule has 116 valence electrons. The molecule has 4 heteroatoms. The summed E-state index contributed by atoms with van der Waals surface area (Å²) in [7, 11) is 0. The van der Waals surface area contributed by atoms with Crippen molar-refractivity contribution in [2.24, 2.45) is 11.8 Å². The van der Waals surface area contributed by atoms with Gasteiger partial charge in [-0.1, -0.05) is 26.0 Å². The maximum absolute atomic E-state index is 11.2. The minimum absolute atomic E-state index is 0.102. The van der Waals surface area contributed by atoms with Crippen LogP contribution in [0.15, 0.2) is 18.2 Å². The fourth-order valence-corrected chi connectivity index (χ4v) is 3.41. The van der Waals surface area contributed by atoms with Gasteiger partial charge in [0.25, 0.3) is 0 Å². The third-order valence-electron chi connectivity index (χ3n) is 4.93. The summed E-state index contributed by atoms with van der Waals surface area (Å²) in [5.41, 5.74) is -0.472. The Morgan fingerprint density at radius 3 is 2.62 bits per heavy atom. The average Bonchev–Trinajstić information content (AvgIpc) is 2.38. The number of carboxylic acid groups (broad SMARTS) is 1. The summed E-state index contributed by atoms with van der Waals surface area (Å²) < 4.78 is 0. The topological polar surface area (TPSA) is 77.8 Å². The summed E-state index contributed by atoms with van der Waals surface area (Å²) in [6, 6.07) is 4.75. The van der Waals surface area contributed by atoms with E-state index in [2.05, 4.69) is 13.8 Å². The predicted molar refractivity (Wildman–Crippen MR) is 80.6 cm³/mol. The summed E-state index contributed by atoms with van der Waals surface area (Å²) in [4.78, 5) is 11.2. The Hall–Kier alpha value is -1.55. The van der Waals surface area contributed by atoms with Gasteiger partial charge in [-0.15, -0.1) is 0 Å². The van der Waals surface area contributed by atoms with Crippen LogP contribution < -0.4 is 0 Å². The van der Waals surface area contributed by atoms with E-state index in [4.69, 9.17) is 5.11 Å². The number of aromatic hydroxyl groups is 1. The lowest BCUT2D eigenvalue weighted by atomic mass is 9.66. The molecule has 1 aromatic carbocycles. The van der Waals surface area contributed by atoms with Crippen molar-refractivity contribution >= 4 is 5.97 Å². The Morgan fingerprint density at radius 2 is 2.05 bits per heavy atom. The second-order valence-corrected chi connectivity index (χ2v) is 6.74. The van der Waals surface area contributed by atoms with E-state index in [-0.39, 0.29) is 17.2 Å². The molecule has 0 aliphatic heterocycles. The van der Waals surface area contributed by atoms with Crippen LogP contribution in [0.2, 0.25) is 0 Å². The van der Waals surface area contributed by atoms with Gasteiger partial charge in [-0.3, -0.25) is 0 Å². The van der Waals surface area contributed by atoms with Crippen molar-refractivity contribution in [3.63, 3.8) is 0 Å². The second-order valence-electron chi connectivity index (χ2n) is 6.74. The van der Waals surface area contributed by atoms with Crippen LogP contribution in [0.25, 0.3) is 0 Å². The van der Waals surface area contributed by atoms with E-state index in [1.807, 2.05) is 0 Å². The number of para-hydroxylation sites is 1. The molecule has 2 rings (SSSR count). The summed E-state index contributed by atoms with van der Waals surface area (Å²) in [6.45, 7) is 6.10. The molecule has 1 aromatic rings. The molecule has 1 saturated carbocycles. The normalized spacial score (nSPS) is 29.6. The van der Waals surface area contributed by atoms with Crippen LogP contribution in [0.1, 0.15) is 61.9 Å². The average molecular weight is 292 g/mol. The molecule has 3 atom stereocenters. The van der Waals surface area contributed by atoms with Gasteiger partial charge in [-0.05, 0) is 44.1 Å². The zero-order valence-electron chi connectivity index (χ0n) is 12.8. The van der Waals surface area contributed by atoms with Crippen LogP contribution >= 0.6 is 0 Å².